The molecule has 1 aliphatic rings. The largest absolute Gasteiger partial charge is 0.459 e. The number of nitrogens with zero attached hydrogens (tertiary/aromatic N) is 2. The van der Waals surface area contributed by atoms with Crippen molar-refractivity contribution in [1.82, 2.24) is 9.55 Å². The normalized spacial score (nSPS) is 14.7. The van der Waals surface area contributed by atoms with Gasteiger partial charge in [0.25, 0.3) is 5.56 Å². The number of thiophene rings is 1. The number of rotatable bonds is 5. The molecule has 1 aliphatic carbocycles. The van der Waals surface area contributed by atoms with Crippen LogP contribution in [0.1, 0.15) is 48.2 Å². The van der Waals surface area contributed by atoms with Crippen LogP contribution in [0.25, 0.3) is 10.2 Å². The van der Waals surface area contributed by atoms with E-state index >= 15 is 0 Å². The Hall–Kier alpha value is -2.47. The number of hydrogen-bond donors (Lipinski definition) is 0. The number of carbonyl (C=O) groups excluding carboxylic acids is 1. The van der Waals surface area contributed by atoms with E-state index in [2.05, 4.69) is 4.98 Å². The zero-order chi connectivity index (χ0) is 18.8. The number of ether oxygens (including phenoxy) is 1. The predicted octanol–water partition coefficient (Wildman–Crippen LogP) is 4.03. The van der Waals surface area contributed by atoms with Crippen LogP contribution in [0.5, 0.6) is 0 Å². The highest BCUT2D eigenvalue weighted by Crippen LogP contribution is 2.33. The van der Waals surface area contributed by atoms with Crippen molar-refractivity contribution in [2.24, 2.45) is 0 Å². The number of hydrogen-bond acceptors (Lipinski definition) is 5. The lowest BCUT2D eigenvalue weighted by molar-refractivity contribution is -0.149. The molecule has 0 saturated heterocycles. The summed E-state index contributed by atoms with van der Waals surface area (Å²) in [5, 5.41) is 0.700. The first kappa shape index (κ1) is 17.9. The maximum atomic E-state index is 13.2. The number of fused-ring (bicyclic) bond motifs is 3. The van der Waals surface area contributed by atoms with Crippen LogP contribution in [0.3, 0.4) is 0 Å². The van der Waals surface area contributed by atoms with E-state index in [1.54, 1.807) is 11.3 Å². The monoisotopic (exact) mass is 382 g/mol. The molecule has 0 unspecified atom stereocenters. The van der Waals surface area contributed by atoms with E-state index in [-0.39, 0.29) is 12.2 Å². The second-order valence-corrected chi connectivity index (χ2v) is 7.95. The lowest BCUT2D eigenvalue weighted by Gasteiger charge is -2.17. The molecular weight excluding hydrogens is 360 g/mol. The highest BCUT2D eigenvalue weighted by molar-refractivity contribution is 7.18. The van der Waals surface area contributed by atoms with Crippen molar-refractivity contribution in [2.45, 2.75) is 51.7 Å². The smallest absolute Gasteiger partial charge is 0.329 e. The summed E-state index contributed by atoms with van der Waals surface area (Å²) in [6.45, 7) is 2.09. The van der Waals surface area contributed by atoms with Gasteiger partial charge in [0, 0.05) is 4.88 Å². The molecule has 140 valence electrons. The van der Waals surface area contributed by atoms with Crippen molar-refractivity contribution in [1.29, 1.82) is 0 Å². The molecule has 1 aromatic carbocycles. The standard InChI is InChI=1S/C21H22N2O3S/c1-2-16(21(25)26-12-14-8-4-3-5-9-14)23-13-22-19-18(20(23)24)15-10-6-7-11-17(15)27-19/h3-5,8-9,13,16H,2,6-7,10-12H2,1H3/t16-/m0/s1. The molecule has 0 aliphatic heterocycles. The van der Waals surface area contributed by atoms with Crippen LogP contribution >= 0.6 is 11.3 Å². The third-order valence-corrected chi connectivity index (χ3v) is 6.32. The SMILES string of the molecule is CC[C@@H](C(=O)OCc1ccccc1)n1cnc2sc3c(c2c1=O)CCCC3. The van der Waals surface area contributed by atoms with Crippen LogP contribution in [0.15, 0.2) is 41.5 Å². The maximum Gasteiger partial charge on any atom is 0.329 e. The molecule has 2 heterocycles. The van der Waals surface area contributed by atoms with E-state index in [0.717, 1.165) is 41.6 Å². The van der Waals surface area contributed by atoms with Gasteiger partial charge in [0.2, 0.25) is 0 Å². The summed E-state index contributed by atoms with van der Waals surface area (Å²) in [5.74, 6) is -0.395. The minimum atomic E-state index is -0.655. The van der Waals surface area contributed by atoms with Gasteiger partial charge in [-0.25, -0.2) is 9.78 Å². The van der Waals surface area contributed by atoms with Crippen molar-refractivity contribution in [3.63, 3.8) is 0 Å². The number of benzene rings is 1. The minimum absolute atomic E-state index is 0.122. The fraction of sp³-hybridized carbons (Fsp3) is 0.381. The molecule has 1 atom stereocenters. The van der Waals surface area contributed by atoms with Crippen LogP contribution < -0.4 is 5.56 Å². The van der Waals surface area contributed by atoms with Gasteiger partial charge in [0.15, 0.2) is 0 Å². The zero-order valence-electron chi connectivity index (χ0n) is 15.3. The number of aryl methyl sites for hydroxylation is 2. The van der Waals surface area contributed by atoms with Gasteiger partial charge in [0.05, 0.1) is 11.7 Å². The molecule has 5 nitrogen and oxygen atoms in total. The molecule has 0 N–H and O–H groups in total. The molecule has 6 heteroatoms. The van der Waals surface area contributed by atoms with E-state index in [0.29, 0.717) is 11.8 Å². The topological polar surface area (TPSA) is 61.2 Å². The van der Waals surface area contributed by atoms with Gasteiger partial charge >= 0.3 is 5.97 Å². The van der Waals surface area contributed by atoms with Gasteiger partial charge in [-0.1, -0.05) is 37.3 Å². The number of esters is 1. The highest BCUT2D eigenvalue weighted by atomic mass is 32.1. The highest BCUT2D eigenvalue weighted by Gasteiger charge is 2.25. The van der Waals surface area contributed by atoms with Gasteiger partial charge < -0.3 is 4.74 Å². The van der Waals surface area contributed by atoms with Crippen LogP contribution in [0, 0.1) is 0 Å². The summed E-state index contributed by atoms with van der Waals surface area (Å²) in [4.78, 5) is 32.4. The summed E-state index contributed by atoms with van der Waals surface area (Å²) >= 11 is 1.62. The van der Waals surface area contributed by atoms with Gasteiger partial charge in [-0.05, 0) is 43.2 Å². The van der Waals surface area contributed by atoms with Gasteiger partial charge in [-0.15, -0.1) is 11.3 Å². The Morgan fingerprint density at radius 3 is 2.81 bits per heavy atom. The Balaban J connectivity index is 1.64. The van der Waals surface area contributed by atoms with Gasteiger partial charge in [0.1, 0.15) is 17.5 Å². The Bertz CT molecular complexity index is 1020. The molecule has 0 amide bonds. The summed E-state index contributed by atoms with van der Waals surface area (Å²) < 4.78 is 6.93. The van der Waals surface area contributed by atoms with Crippen molar-refractivity contribution in [3.05, 3.63) is 63.0 Å². The Kier molecular flexibility index (Phi) is 5.07. The minimum Gasteiger partial charge on any atom is -0.459 e. The van der Waals surface area contributed by atoms with Crippen LogP contribution in [-0.4, -0.2) is 15.5 Å². The van der Waals surface area contributed by atoms with Gasteiger partial charge in [-0.3, -0.25) is 9.36 Å². The Morgan fingerprint density at radius 2 is 2.04 bits per heavy atom. The van der Waals surface area contributed by atoms with Crippen molar-refractivity contribution in [3.8, 4) is 0 Å². The van der Waals surface area contributed by atoms with Gasteiger partial charge in [-0.2, -0.15) is 0 Å². The first-order valence-electron chi connectivity index (χ1n) is 9.41. The number of carbonyl (C=O) groups is 1. The average Bonchev–Trinajstić information content (AvgIpc) is 3.09. The van der Waals surface area contributed by atoms with E-state index in [4.69, 9.17) is 4.74 Å². The van der Waals surface area contributed by atoms with Crippen LogP contribution in [-0.2, 0) is 29.0 Å². The second kappa shape index (κ2) is 7.64. The van der Waals surface area contributed by atoms with E-state index in [1.165, 1.54) is 15.8 Å². The average molecular weight is 382 g/mol. The van der Waals surface area contributed by atoms with Crippen LogP contribution in [0.4, 0.5) is 0 Å². The Labute approximate surface area is 161 Å². The van der Waals surface area contributed by atoms with Crippen LogP contribution in [0.2, 0.25) is 0 Å². The molecule has 4 rings (SSSR count). The molecule has 27 heavy (non-hydrogen) atoms. The summed E-state index contributed by atoms with van der Waals surface area (Å²) in [5.41, 5.74) is 1.94. The Morgan fingerprint density at radius 1 is 1.26 bits per heavy atom. The second-order valence-electron chi connectivity index (χ2n) is 6.87. The summed E-state index contributed by atoms with van der Waals surface area (Å²) in [6.07, 6.45) is 6.19. The predicted molar refractivity (Wildman–Crippen MR) is 106 cm³/mol. The molecule has 0 saturated carbocycles. The molecule has 0 bridgehead atoms. The quantitative estimate of drug-likeness (QED) is 0.625. The third kappa shape index (κ3) is 3.41. The fourth-order valence-electron chi connectivity index (χ4n) is 3.68. The lowest BCUT2D eigenvalue weighted by Crippen LogP contribution is -2.31. The molecule has 2 aromatic heterocycles. The number of aromatic nitrogens is 2. The lowest BCUT2D eigenvalue weighted by atomic mass is 9.97. The fourth-order valence-corrected chi connectivity index (χ4v) is 4.90. The molecule has 3 aromatic rings. The van der Waals surface area contributed by atoms with Crippen molar-refractivity contribution in [2.75, 3.05) is 0 Å². The summed E-state index contributed by atoms with van der Waals surface area (Å²) in [6, 6.07) is 8.89. The van der Waals surface area contributed by atoms with E-state index in [1.807, 2.05) is 37.3 Å². The van der Waals surface area contributed by atoms with Crippen molar-refractivity contribution >= 4 is 27.5 Å². The first-order chi connectivity index (χ1) is 13.2. The maximum absolute atomic E-state index is 13.2. The first-order valence-corrected chi connectivity index (χ1v) is 10.2. The molecule has 0 radical (unpaired) electrons. The molecular formula is C21H22N2O3S. The summed E-state index contributed by atoms with van der Waals surface area (Å²) in [7, 11) is 0. The van der Waals surface area contributed by atoms with E-state index < -0.39 is 12.0 Å². The molecule has 0 fully saturated rings. The third-order valence-electron chi connectivity index (χ3n) is 5.12. The van der Waals surface area contributed by atoms with E-state index in [9.17, 15) is 9.59 Å². The molecule has 0 spiro atoms. The zero-order valence-corrected chi connectivity index (χ0v) is 16.1. The van der Waals surface area contributed by atoms with Crippen molar-refractivity contribution < 1.29 is 9.53 Å².